The van der Waals surface area contributed by atoms with Gasteiger partial charge < -0.3 is 23.3 Å². The highest BCUT2D eigenvalue weighted by Crippen LogP contribution is 2.50. The maximum absolute atomic E-state index is 8.85. The molecule has 0 aliphatic carbocycles. The highest BCUT2D eigenvalue weighted by molar-refractivity contribution is 7.48. The lowest BCUT2D eigenvalue weighted by Gasteiger charge is -2.33. The van der Waals surface area contributed by atoms with Crippen molar-refractivity contribution in [1.29, 1.82) is 5.26 Å². The first kappa shape index (κ1) is 26.6. The van der Waals surface area contributed by atoms with Crippen LogP contribution in [-0.4, -0.2) is 63.7 Å². The largest absolute Gasteiger partial charge is 0.379 e. The van der Waals surface area contributed by atoms with Crippen LogP contribution in [0.25, 0.3) is 0 Å². The molecule has 0 aromatic carbocycles. The Morgan fingerprint density at radius 3 is 2.38 bits per heavy atom. The van der Waals surface area contributed by atoms with E-state index in [2.05, 4.69) is 26.5 Å². The van der Waals surface area contributed by atoms with Crippen molar-refractivity contribution in [2.24, 2.45) is 5.92 Å². The molecule has 0 N–H and O–H groups in total. The van der Waals surface area contributed by atoms with Gasteiger partial charge in [-0.1, -0.05) is 32.9 Å². The fraction of sp³-hybridized carbons (Fsp3) is 0.857. The summed E-state index contributed by atoms with van der Waals surface area (Å²) in [6.07, 6.45) is -0.148. The summed E-state index contributed by atoms with van der Waals surface area (Å²) < 4.78 is 30.1. The highest BCUT2D eigenvalue weighted by atomic mass is 31.2. The molecule has 0 aromatic heterocycles. The van der Waals surface area contributed by atoms with Crippen molar-refractivity contribution in [2.45, 2.75) is 96.6 Å². The van der Waals surface area contributed by atoms with Gasteiger partial charge in [0.15, 0.2) is 8.38 Å². The standard InChI is InChI=1S/C21H37BNO5P/c1-13(2)12-18-19(20(21(22)27-18)26-16(6)15(5)24-8)28-29(17(7)14(3)4)25-11-9-10-23/h13,15-21H,3,9,11-12H2,1-2,4-8H3. The van der Waals surface area contributed by atoms with Crippen molar-refractivity contribution in [3.63, 3.8) is 0 Å². The summed E-state index contributed by atoms with van der Waals surface area (Å²) in [6.45, 7) is 16.5. The molecule has 29 heavy (non-hydrogen) atoms. The lowest BCUT2D eigenvalue weighted by molar-refractivity contribution is -0.100. The molecule has 8 heteroatoms. The van der Waals surface area contributed by atoms with Gasteiger partial charge in [0.2, 0.25) is 0 Å². The predicted molar refractivity (Wildman–Crippen MR) is 117 cm³/mol. The highest BCUT2D eigenvalue weighted by Gasteiger charge is 2.46. The van der Waals surface area contributed by atoms with E-state index in [1.165, 1.54) is 0 Å². The van der Waals surface area contributed by atoms with E-state index in [9.17, 15) is 0 Å². The third kappa shape index (κ3) is 8.28. The first-order valence-corrected chi connectivity index (χ1v) is 11.6. The fourth-order valence-corrected chi connectivity index (χ4v) is 4.55. The average Bonchev–Trinajstić information content (AvgIpc) is 2.93. The van der Waals surface area contributed by atoms with Crippen LogP contribution in [0.5, 0.6) is 0 Å². The maximum atomic E-state index is 8.85. The van der Waals surface area contributed by atoms with Gasteiger partial charge in [-0.15, -0.1) is 0 Å². The molecule has 1 saturated heterocycles. The quantitative estimate of drug-likeness (QED) is 0.189. The van der Waals surface area contributed by atoms with Crippen molar-refractivity contribution >= 4 is 16.2 Å². The molecule has 1 aliphatic rings. The number of methoxy groups -OCH3 is 1. The molecule has 0 bridgehead atoms. The van der Waals surface area contributed by atoms with Crippen LogP contribution in [0.3, 0.4) is 0 Å². The Morgan fingerprint density at radius 1 is 1.21 bits per heavy atom. The SMILES string of the molecule is [B]C1OC(CC(C)C)C(OP(OCCC#N)C(C)C(=C)C)C1OC(C)C(C)OC. The molecular weight excluding hydrogens is 388 g/mol. The third-order valence-corrected chi connectivity index (χ3v) is 7.10. The first-order valence-electron chi connectivity index (χ1n) is 10.3. The van der Waals surface area contributed by atoms with E-state index in [-0.39, 0.29) is 30.1 Å². The van der Waals surface area contributed by atoms with Crippen molar-refractivity contribution in [3.05, 3.63) is 12.2 Å². The minimum Gasteiger partial charge on any atom is -0.379 e. The topological polar surface area (TPSA) is 69.9 Å². The Kier molecular flexibility index (Phi) is 12.0. The van der Waals surface area contributed by atoms with E-state index in [0.717, 1.165) is 12.0 Å². The molecular formula is C21H37BNO5P. The van der Waals surface area contributed by atoms with Crippen LogP contribution < -0.4 is 0 Å². The first-order chi connectivity index (χ1) is 13.6. The maximum Gasteiger partial charge on any atom is 0.178 e. The number of ether oxygens (including phenoxy) is 3. The molecule has 0 amide bonds. The summed E-state index contributed by atoms with van der Waals surface area (Å²) >= 11 is 0. The Hall–Kier alpha value is -0.475. The van der Waals surface area contributed by atoms with Crippen molar-refractivity contribution in [2.75, 3.05) is 13.7 Å². The smallest absolute Gasteiger partial charge is 0.178 e. The Labute approximate surface area is 179 Å². The molecule has 0 saturated carbocycles. The summed E-state index contributed by atoms with van der Waals surface area (Å²) in [7, 11) is 6.63. The number of rotatable bonds is 13. The van der Waals surface area contributed by atoms with Crippen molar-refractivity contribution in [1.82, 2.24) is 0 Å². The zero-order chi connectivity index (χ0) is 22.1. The second-order valence-corrected chi connectivity index (χ2v) is 9.95. The van der Waals surface area contributed by atoms with E-state index in [1.807, 2.05) is 27.7 Å². The van der Waals surface area contributed by atoms with Gasteiger partial charge in [0, 0.05) is 18.8 Å². The van der Waals surface area contributed by atoms with E-state index in [1.54, 1.807) is 7.11 Å². The number of nitrogens with zero attached hydrogens (tertiary/aromatic N) is 1. The van der Waals surface area contributed by atoms with Crippen LogP contribution in [0.15, 0.2) is 12.2 Å². The van der Waals surface area contributed by atoms with Crippen LogP contribution in [0.4, 0.5) is 0 Å². The molecule has 1 aliphatic heterocycles. The van der Waals surface area contributed by atoms with Gasteiger partial charge >= 0.3 is 0 Å². The molecule has 1 fully saturated rings. The molecule has 6 nitrogen and oxygen atoms in total. The second-order valence-electron chi connectivity index (χ2n) is 8.13. The van der Waals surface area contributed by atoms with Gasteiger partial charge in [0.1, 0.15) is 20.1 Å². The lowest BCUT2D eigenvalue weighted by Crippen LogP contribution is -2.42. The van der Waals surface area contributed by atoms with E-state index in [4.69, 9.17) is 36.4 Å². The molecule has 0 aromatic rings. The van der Waals surface area contributed by atoms with Gasteiger partial charge in [0.05, 0.1) is 37.4 Å². The minimum absolute atomic E-state index is 0.0104. The zero-order valence-electron chi connectivity index (χ0n) is 19.0. The number of nitriles is 1. The molecule has 8 unspecified atom stereocenters. The van der Waals surface area contributed by atoms with E-state index >= 15 is 0 Å². The van der Waals surface area contributed by atoms with Crippen LogP contribution >= 0.6 is 8.38 Å². The number of allylic oxidation sites excluding steroid dienone is 1. The molecule has 0 spiro atoms. The molecule has 2 radical (unpaired) electrons. The molecule has 8 atom stereocenters. The molecule has 164 valence electrons. The van der Waals surface area contributed by atoms with Gasteiger partial charge in [-0.2, -0.15) is 5.26 Å². The van der Waals surface area contributed by atoms with Crippen molar-refractivity contribution < 1.29 is 23.3 Å². The van der Waals surface area contributed by atoms with Crippen LogP contribution in [0.2, 0.25) is 0 Å². The van der Waals surface area contributed by atoms with E-state index in [0.29, 0.717) is 18.9 Å². The third-order valence-electron chi connectivity index (χ3n) is 5.14. The average molecular weight is 425 g/mol. The molecule has 1 rings (SSSR count). The lowest BCUT2D eigenvalue weighted by atomic mass is 9.91. The van der Waals surface area contributed by atoms with Gasteiger partial charge in [-0.25, -0.2) is 0 Å². The van der Waals surface area contributed by atoms with Gasteiger partial charge in [-0.05, 0) is 33.1 Å². The summed E-state index contributed by atoms with van der Waals surface area (Å²) in [4.78, 5) is 0. The van der Waals surface area contributed by atoms with Crippen LogP contribution in [-0.2, 0) is 23.3 Å². The summed E-state index contributed by atoms with van der Waals surface area (Å²) in [5.41, 5.74) is 0.978. The Bertz CT molecular complexity index is 544. The van der Waals surface area contributed by atoms with Crippen LogP contribution in [0, 0.1) is 17.2 Å². The van der Waals surface area contributed by atoms with Gasteiger partial charge in [0.25, 0.3) is 0 Å². The normalized spacial score (nSPS) is 28.7. The second kappa shape index (κ2) is 13.0. The minimum atomic E-state index is -1.32. The predicted octanol–water partition coefficient (Wildman–Crippen LogP) is 4.33. The Balaban J connectivity index is 3.05. The number of hydrogen-bond acceptors (Lipinski definition) is 6. The summed E-state index contributed by atoms with van der Waals surface area (Å²) in [5.74, 6) is 0.414. The Morgan fingerprint density at radius 2 is 1.86 bits per heavy atom. The molecule has 1 heterocycles. The van der Waals surface area contributed by atoms with E-state index < -0.39 is 20.5 Å². The number of hydrogen-bond donors (Lipinski definition) is 0. The van der Waals surface area contributed by atoms with Crippen LogP contribution in [0.1, 0.15) is 54.4 Å². The van der Waals surface area contributed by atoms with Gasteiger partial charge in [-0.3, -0.25) is 0 Å². The summed E-state index contributed by atoms with van der Waals surface area (Å²) in [6, 6.07) is 1.51. The van der Waals surface area contributed by atoms with Crippen molar-refractivity contribution in [3.8, 4) is 6.07 Å². The summed E-state index contributed by atoms with van der Waals surface area (Å²) in [5, 5.41) is 8.85. The fourth-order valence-electron chi connectivity index (χ4n) is 2.96. The zero-order valence-corrected chi connectivity index (χ0v) is 19.9. The monoisotopic (exact) mass is 425 g/mol.